The molecule has 0 radical (unpaired) electrons. The number of pyridine rings is 1. The Labute approximate surface area is 106 Å². The van der Waals surface area contributed by atoms with Gasteiger partial charge in [-0.3, -0.25) is 4.98 Å². The lowest BCUT2D eigenvalue weighted by Crippen LogP contribution is -2.20. The second-order valence-corrected chi connectivity index (χ2v) is 4.68. The van der Waals surface area contributed by atoms with Gasteiger partial charge in [-0.15, -0.1) is 0 Å². The quantitative estimate of drug-likeness (QED) is 0.905. The molecule has 2 N–H and O–H groups in total. The predicted molar refractivity (Wildman–Crippen MR) is 70.1 cm³/mol. The Balaban J connectivity index is 2.19. The van der Waals surface area contributed by atoms with Crippen molar-refractivity contribution in [1.29, 1.82) is 0 Å². The van der Waals surface area contributed by atoms with Crippen LogP contribution in [0.3, 0.4) is 0 Å². The zero-order valence-electron chi connectivity index (χ0n) is 9.81. The topological polar surface area (TPSA) is 43.8 Å². The Morgan fingerprint density at radius 3 is 3.00 bits per heavy atom. The molecule has 0 fully saturated rings. The van der Waals surface area contributed by atoms with Gasteiger partial charge in [0.05, 0.1) is 5.02 Å². The first-order valence-electron chi connectivity index (χ1n) is 5.65. The zero-order chi connectivity index (χ0) is 12.3. The van der Waals surface area contributed by atoms with E-state index in [9.17, 15) is 0 Å². The Morgan fingerprint density at radius 2 is 2.29 bits per heavy atom. The number of nitrogens with zero attached hydrogens (tertiary/aromatic N) is 2. The van der Waals surface area contributed by atoms with Crippen LogP contribution in [0.4, 0.5) is 0 Å². The molecule has 0 aliphatic heterocycles. The van der Waals surface area contributed by atoms with Gasteiger partial charge in [-0.1, -0.05) is 11.6 Å². The highest BCUT2D eigenvalue weighted by atomic mass is 35.5. The average molecular weight is 250 g/mol. The van der Waals surface area contributed by atoms with Crippen molar-refractivity contribution in [2.24, 2.45) is 5.73 Å². The number of halogens is 1. The number of nitrogens with two attached hydrogens (primary N) is 1. The summed E-state index contributed by atoms with van der Waals surface area (Å²) in [5.74, 6) is 0. The highest BCUT2D eigenvalue weighted by Crippen LogP contribution is 2.16. The van der Waals surface area contributed by atoms with Crippen LogP contribution in [0.25, 0.3) is 0 Å². The number of hydrogen-bond acceptors (Lipinski definition) is 2. The van der Waals surface area contributed by atoms with Gasteiger partial charge in [0.2, 0.25) is 0 Å². The van der Waals surface area contributed by atoms with E-state index in [0.717, 1.165) is 18.5 Å². The third kappa shape index (κ3) is 3.08. The Morgan fingerprint density at radius 1 is 1.47 bits per heavy atom. The van der Waals surface area contributed by atoms with Gasteiger partial charge in [0.15, 0.2) is 0 Å². The van der Waals surface area contributed by atoms with Crippen LogP contribution in [0.2, 0.25) is 5.02 Å². The van der Waals surface area contributed by atoms with Gasteiger partial charge in [-0.25, -0.2) is 0 Å². The van der Waals surface area contributed by atoms with E-state index in [-0.39, 0.29) is 6.04 Å². The molecule has 90 valence electrons. The number of rotatable bonds is 4. The monoisotopic (exact) mass is 249 g/mol. The maximum atomic E-state index is 6.10. The maximum Gasteiger partial charge on any atom is 0.0639 e. The molecule has 3 nitrogen and oxygen atoms in total. The number of aromatic nitrogens is 2. The van der Waals surface area contributed by atoms with Gasteiger partial charge >= 0.3 is 0 Å². The van der Waals surface area contributed by atoms with Crippen LogP contribution in [0, 0.1) is 0 Å². The molecular formula is C13H16ClN3. The summed E-state index contributed by atoms with van der Waals surface area (Å²) in [5, 5.41) is 0.702. The highest BCUT2D eigenvalue weighted by Gasteiger charge is 2.06. The van der Waals surface area contributed by atoms with Crippen molar-refractivity contribution in [3.63, 3.8) is 0 Å². The van der Waals surface area contributed by atoms with Crippen LogP contribution in [-0.2, 0) is 13.0 Å². The van der Waals surface area contributed by atoms with Gasteiger partial charge in [0, 0.05) is 43.3 Å². The molecule has 0 amide bonds. The van der Waals surface area contributed by atoms with E-state index >= 15 is 0 Å². The molecule has 0 bridgehead atoms. The standard InChI is InChI=1S/C13H16ClN3/c1-10(15)7-12-3-2-6-17(12)9-11-4-5-16-8-13(11)14/h2-6,8,10H,7,9,15H2,1H3. The minimum absolute atomic E-state index is 0.163. The van der Waals surface area contributed by atoms with E-state index < -0.39 is 0 Å². The first kappa shape index (κ1) is 12.1. The molecule has 1 atom stereocenters. The first-order chi connectivity index (χ1) is 8.16. The lowest BCUT2D eigenvalue weighted by atomic mass is 10.2. The fourth-order valence-corrected chi connectivity index (χ4v) is 2.01. The van der Waals surface area contributed by atoms with Gasteiger partial charge in [-0.2, -0.15) is 0 Å². The fraction of sp³-hybridized carbons (Fsp3) is 0.308. The van der Waals surface area contributed by atoms with Crippen molar-refractivity contribution >= 4 is 11.6 Å². The van der Waals surface area contributed by atoms with Gasteiger partial charge in [-0.05, 0) is 30.7 Å². The van der Waals surface area contributed by atoms with Crippen molar-refractivity contribution < 1.29 is 0 Å². The van der Waals surface area contributed by atoms with Crippen LogP contribution < -0.4 is 5.73 Å². The van der Waals surface area contributed by atoms with Gasteiger partial charge in [0.1, 0.15) is 0 Å². The van der Waals surface area contributed by atoms with Crippen LogP contribution in [-0.4, -0.2) is 15.6 Å². The van der Waals surface area contributed by atoms with Crippen molar-refractivity contribution in [3.05, 3.63) is 53.1 Å². The third-order valence-electron chi connectivity index (χ3n) is 2.65. The van der Waals surface area contributed by atoms with E-state index in [0.29, 0.717) is 5.02 Å². The van der Waals surface area contributed by atoms with Crippen LogP contribution in [0.1, 0.15) is 18.2 Å². The summed E-state index contributed by atoms with van der Waals surface area (Å²) in [6, 6.07) is 6.24. The number of hydrogen-bond donors (Lipinski definition) is 1. The predicted octanol–water partition coefficient (Wildman–Crippen LogP) is 2.47. The van der Waals surface area contributed by atoms with E-state index in [1.807, 2.05) is 19.1 Å². The lowest BCUT2D eigenvalue weighted by Gasteiger charge is -2.11. The van der Waals surface area contributed by atoms with Crippen LogP contribution >= 0.6 is 11.6 Å². The molecule has 0 spiro atoms. The van der Waals surface area contributed by atoms with E-state index in [2.05, 4.69) is 21.8 Å². The SMILES string of the molecule is CC(N)Cc1cccn1Cc1ccncc1Cl. The normalized spacial score (nSPS) is 12.6. The Kier molecular flexibility index (Phi) is 3.82. The van der Waals surface area contributed by atoms with Crippen molar-refractivity contribution in [2.75, 3.05) is 0 Å². The second kappa shape index (κ2) is 5.34. The molecule has 0 saturated carbocycles. The molecular weight excluding hydrogens is 234 g/mol. The molecule has 0 aliphatic carbocycles. The molecule has 17 heavy (non-hydrogen) atoms. The fourth-order valence-electron chi connectivity index (χ4n) is 1.83. The van der Waals surface area contributed by atoms with Crippen molar-refractivity contribution in [1.82, 2.24) is 9.55 Å². The third-order valence-corrected chi connectivity index (χ3v) is 2.99. The molecule has 1 unspecified atom stereocenters. The molecule has 2 aromatic rings. The second-order valence-electron chi connectivity index (χ2n) is 4.28. The summed E-state index contributed by atoms with van der Waals surface area (Å²) >= 11 is 6.10. The van der Waals surface area contributed by atoms with E-state index in [1.165, 1.54) is 5.69 Å². The molecule has 2 heterocycles. The van der Waals surface area contributed by atoms with Crippen LogP contribution in [0.15, 0.2) is 36.8 Å². The van der Waals surface area contributed by atoms with Crippen LogP contribution in [0.5, 0.6) is 0 Å². The largest absolute Gasteiger partial charge is 0.347 e. The molecule has 2 rings (SSSR count). The first-order valence-corrected chi connectivity index (χ1v) is 6.02. The minimum atomic E-state index is 0.163. The summed E-state index contributed by atoms with van der Waals surface area (Å²) in [6.45, 7) is 2.77. The maximum absolute atomic E-state index is 6.10. The molecule has 0 aliphatic rings. The van der Waals surface area contributed by atoms with Gasteiger partial charge in [0.25, 0.3) is 0 Å². The summed E-state index contributed by atoms with van der Waals surface area (Å²) in [4.78, 5) is 3.98. The Hall–Kier alpha value is -1.32. The summed E-state index contributed by atoms with van der Waals surface area (Å²) < 4.78 is 2.17. The zero-order valence-corrected chi connectivity index (χ0v) is 10.6. The molecule has 4 heteroatoms. The Bertz CT molecular complexity index is 491. The van der Waals surface area contributed by atoms with E-state index in [4.69, 9.17) is 17.3 Å². The van der Waals surface area contributed by atoms with Crippen molar-refractivity contribution in [3.8, 4) is 0 Å². The smallest absolute Gasteiger partial charge is 0.0639 e. The average Bonchev–Trinajstić information content (AvgIpc) is 2.68. The molecule has 2 aromatic heterocycles. The highest BCUT2D eigenvalue weighted by molar-refractivity contribution is 6.31. The van der Waals surface area contributed by atoms with Gasteiger partial charge < -0.3 is 10.3 Å². The minimum Gasteiger partial charge on any atom is -0.347 e. The summed E-state index contributed by atoms with van der Waals surface area (Å²) in [7, 11) is 0. The van der Waals surface area contributed by atoms with E-state index in [1.54, 1.807) is 12.4 Å². The lowest BCUT2D eigenvalue weighted by molar-refractivity contribution is 0.666. The molecule has 0 saturated heterocycles. The summed E-state index contributed by atoms with van der Waals surface area (Å²) in [6.07, 6.45) is 6.35. The van der Waals surface area contributed by atoms with Crippen molar-refractivity contribution in [2.45, 2.75) is 25.9 Å². The summed E-state index contributed by atoms with van der Waals surface area (Å²) in [5.41, 5.74) is 8.13. The molecule has 0 aromatic carbocycles.